The molecule has 0 aromatic heterocycles. The molecular weight excluding hydrogens is 721 g/mol. The molecule has 0 saturated carbocycles. The van der Waals surface area contributed by atoms with Gasteiger partial charge in [-0.2, -0.15) is 0 Å². The smallest absolute Gasteiger partial charge is 0.306 e. The van der Waals surface area contributed by atoms with Gasteiger partial charge in [0.1, 0.15) is 30.5 Å². The molecule has 1 heterocycles. The number of carbonyl (C=O) groups excluding carboxylic acids is 1. The van der Waals surface area contributed by atoms with E-state index in [4.69, 9.17) is 18.9 Å². The first-order chi connectivity index (χ1) is 27.9. The van der Waals surface area contributed by atoms with Crippen LogP contribution in [0.25, 0.3) is 0 Å². The van der Waals surface area contributed by atoms with Gasteiger partial charge in [0.25, 0.3) is 0 Å². The van der Waals surface area contributed by atoms with Gasteiger partial charge in [-0.05, 0) is 44.9 Å². The van der Waals surface area contributed by atoms with Crippen molar-refractivity contribution >= 4 is 5.97 Å². The van der Waals surface area contributed by atoms with Crippen LogP contribution < -0.4 is 0 Å². The van der Waals surface area contributed by atoms with Gasteiger partial charge in [-0.25, -0.2) is 0 Å². The number of hydrogen-bond acceptors (Lipinski definition) is 9. The van der Waals surface area contributed by atoms with Crippen molar-refractivity contribution in [2.45, 2.75) is 250 Å². The number of aliphatic hydroxyl groups excluding tert-OH is 4. The third-order valence-corrected chi connectivity index (χ3v) is 11.1. The molecule has 9 heteroatoms. The monoisotopic (exact) mass is 811 g/mol. The molecule has 1 saturated heterocycles. The number of carbonyl (C=O) groups is 1. The van der Waals surface area contributed by atoms with Crippen molar-refractivity contribution < 1.29 is 44.2 Å². The molecule has 336 valence electrons. The fourth-order valence-corrected chi connectivity index (χ4v) is 7.35. The largest absolute Gasteiger partial charge is 0.457 e. The SMILES string of the molecule is CCCCCCC/C=C\C/C=C\CCCCCCCCCCCCCCOCC(COC1OC(CO)C(O)C(O)C1O)OC(=O)CCCCCCCCCCCC. The van der Waals surface area contributed by atoms with Gasteiger partial charge in [0.15, 0.2) is 6.29 Å². The van der Waals surface area contributed by atoms with E-state index in [9.17, 15) is 25.2 Å². The minimum absolute atomic E-state index is 0.110. The summed E-state index contributed by atoms with van der Waals surface area (Å²) in [5.74, 6) is -0.314. The van der Waals surface area contributed by atoms with Crippen molar-refractivity contribution in [3.63, 3.8) is 0 Å². The van der Waals surface area contributed by atoms with Gasteiger partial charge in [-0.1, -0.05) is 186 Å². The molecule has 0 bridgehead atoms. The van der Waals surface area contributed by atoms with Crippen LogP contribution in [-0.4, -0.2) is 89.6 Å². The predicted molar refractivity (Wildman–Crippen MR) is 233 cm³/mol. The molecule has 0 radical (unpaired) electrons. The first-order valence-corrected chi connectivity index (χ1v) is 23.9. The zero-order valence-corrected chi connectivity index (χ0v) is 36.9. The lowest BCUT2D eigenvalue weighted by atomic mass is 9.99. The molecule has 0 aromatic carbocycles. The van der Waals surface area contributed by atoms with Crippen molar-refractivity contribution in [3.8, 4) is 0 Å². The highest BCUT2D eigenvalue weighted by Crippen LogP contribution is 2.23. The first kappa shape index (κ1) is 53.7. The average Bonchev–Trinajstić information content (AvgIpc) is 3.21. The van der Waals surface area contributed by atoms with Gasteiger partial charge in [0, 0.05) is 13.0 Å². The highest BCUT2D eigenvalue weighted by atomic mass is 16.7. The quantitative estimate of drug-likeness (QED) is 0.0270. The summed E-state index contributed by atoms with van der Waals surface area (Å²) in [7, 11) is 0. The molecule has 4 N–H and O–H groups in total. The predicted octanol–water partition coefficient (Wildman–Crippen LogP) is 11.0. The standard InChI is InChI=1S/C48H90O9/c1-3-5-7-9-11-13-15-16-17-18-19-20-21-22-23-24-25-26-27-28-30-32-34-36-38-54-40-42(41-55-48-47(53)46(52)45(51)43(39-49)57-48)56-44(50)37-35-33-31-29-14-12-10-8-6-4-2/h15-16,18-19,42-43,45-49,51-53H,3-14,17,20-41H2,1-2H3/b16-15-,19-18-. The molecule has 1 aliphatic heterocycles. The number of hydrogen-bond donors (Lipinski definition) is 4. The van der Waals surface area contributed by atoms with Crippen molar-refractivity contribution in [1.29, 1.82) is 0 Å². The van der Waals surface area contributed by atoms with Gasteiger partial charge in [-0.3, -0.25) is 4.79 Å². The van der Waals surface area contributed by atoms with Crippen LogP contribution in [0.15, 0.2) is 24.3 Å². The molecule has 6 unspecified atom stereocenters. The summed E-state index contributed by atoms with van der Waals surface area (Å²) in [6, 6.07) is 0. The highest BCUT2D eigenvalue weighted by Gasteiger charge is 2.44. The summed E-state index contributed by atoms with van der Waals surface area (Å²) in [6.07, 6.45) is 39.3. The number of aliphatic hydroxyl groups is 4. The zero-order chi connectivity index (χ0) is 41.4. The fraction of sp³-hybridized carbons (Fsp3) is 0.896. The molecule has 1 fully saturated rings. The van der Waals surface area contributed by atoms with Crippen LogP contribution in [0.4, 0.5) is 0 Å². The number of esters is 1. The number of ether oxygens (including phenoxy) is 4. The molecule has 6 atom stereocenters. The Hall–Kier alpha value is -1.33. The maximum absolute atomic E-state index is 12.7. The van der Waals surface area contributed by atoms with E-state index in [1.54, 1.807) is 0 Å². The zero-order valence-electron chi connectivity index (χ0n) is 36.9. The summed E-state index contributed by atoms with van der Waals surface area (Å²) in [5, 5.41) is 40.1. The third kappa shape index (κ3) is 31.2. The van der Waals surface area contributed by atoms with E-state index in [0.29, 0.717) is 13.0 Å². The Morgan fingerprint density at radius 3 is 1.51 bits per heavy atom. The van der Waals surface area contributed by atoms with Crippen LogP contribution in [-0.2, 0) is 23.7 Å². The second-order valence-corrected chi connectivity index (χ2v) is 16.6. The van der Waals surface area contributed by atoms with Crippen LogP contribution in [0.2, 0.25) is 0 Å². The van der Waals surface area contributed by atoms with Gasteiger partial charge >= 0.3 is 5.97 Å². The molecule has 0 aromatic rings. The van der Waals surface area contributed by atoms with Gasteiger partial charge in [-0.15, -0.1) is 0 Å². The van der Waals surface area contributed by atoms with Crippen LogP contribution in [0.1, 0.15) is 213 Å². The highest BCUT2D eigenvalue weighted by molar-refractivity contribution is 5.69. The first-order valence-electron chi connectivity index (χ1n) is 23.9. The Labute approximate surface area is 349 Å². The van der Waals surface area contributed by atoms with E-state index in [1.807, 2.05) is 0 Å². The Kier molecular flexibility index (Phi) is 37.8. The molecule has 1 aliphatic rings. The summed E-state index contributed by atoms with van der Waals surface area (Å²) >= 11 is 0. The number of rotatable bonds is 41. The van der Waals surface area contributed by atoms with E-state index in [-0.39, 0.29) is 19.2 Å². The topological polar surface area (TPSA) is 135 Å². The Morgan fingerprint density at radius 2 is 1.02 bits per heavy atom. The summed E-state index contributed by atoms with van der Waals surface area (Å²) in [4.78, 5) is 12.7. The van der Waals surface area contributed by atoms with Gasteiger partial charge in [0.05, 0.1) is 19.8 Å². The van der Waals surface area contributed by atoms with Gasteiger partial charge in [0.2, 0.25) is 0 Å². The van der Waals surface area contributed by atoms with Crippen LogP contribution >= 0.6 is 0 Å². The normalized spacial score (nSPS) is 20.6. The van der Waals surface area contributed by atoms with Crippen molar-refractivity contribution in [1.82, 2.24) is 0 Å². The van der Waals surface area contributed by atoms with Crippen LogP contribution in [0.3, 0.4) is 0 Å². The molecule has 9 nitrogen and oxygen atoms in total. The fourth-order valence-electron chi connectivity index (χ4n) is 7.35. The minimum atomic E-state index is -1.53. The van der Waals surface area contributed by atoms with E-state index < -0.39 is 43.4 Å². The van der Waals surface area contributed by atoms with Crippen LogP contribution in [0.5, 0.6) is 0 Å². The molecule has 0 spiro atoms. The number of allylic oxidation sites excluding steroid dienone is 4. The summed E-state index contributed by atoms with van der Waals surface area (Å²) in [5.41, 5.74) is 0. The maximum Gasteiger partial charge on any atom is 0.306 e. The van der Waals surface area contributed by atoms with E-state index in [2.05, 4.69) is 38.2 Å². The molecular formula is C48H90O9. The maximum atomic E-state index is 12.7. The Bertz CT molecular complexity index is 926. The lowest BCUT2D eigenvalue weighted by Crippen LogP contribution is -2.59. The second kappa shape index (κ2) is 40.1. The molecule has 0 amide bonds. The number of unbranched alkanes of at least 4 members (excludes halogenated alkanes) is 26. The Balaban J connectivity index is 2.15. The lowest BCUT2D eigenvalue weighted by Gasteiger charge is -2.39. The lowest BCUT2D eigenvalue weighted by molar-refractivity contribution is -0.305. The summed E-state index contributed by atoms with van der Waals surface area (Å²) < 4.78 is 22.8. The van der Waals surface area contributed by atoms with Crippen molar-refractivity contribution in [3.05, 3.63) is 24.3 Å². The van der Waals surface area contributed by atoms with Crippen molar-refractivity contribution in [2.75, 3.05) is 26.4 Å². The van der Waals surface area contributed by atoms with Crippen LogP contribution in [0, 0.1) is 0 Å². The Morgan fingerprint density at radius 1 is 0.561 bits per heavy atom. The minimum Gasteiger partial charge on any atom is -0.457 e. The molecule has 57 heavy (non-hydrogen) atoms. The third-order valence-electron chi connectivity index (χ3n) is 11.1. The van der Waals surface area contributed by atoms with Gasteiger partial charge < -0.3 is 39.4 Å². The average molecular weight is 811 g/mol. The summed E-state index contributed by atoms with van der Waals surface area (Å²) in [6.45, 7) is 4.55. The molecule has 1 rings (SSSR count). The molecule has 0 aliphatic carbocycles. The van der Waals surface area contributed by atoms with Crippen molar-refractivity contribution in [2.24, 2.45) is 0 Å². The van der Waals surface area contributed by atoms with E-state index in [0.717, 1.165) is 38.5 Å². The van der Waals surface area contributed by atoms with E-state index in [1.165, 1.54) is 154 Å². The van der Waals surface area contributed by atoms with E-state index >= 15 is 0 Å². The second-order valence-electron chi connectivity index (χ2n) is 16.6.